The Morgan fingerprint density at radius 1 is 0.742 bits per heavy atom. The fraction of sp³-hybridized carbons (Fsp3) is 0.296. The molecule has 3 aromatic rings. The summed E-state index contributed by atoms with van der Waals surface area (Å²) in [6.45, 7) is 13.2. The summed E-state index contributed by atoms with van der Waals surface area (Å²) < 4.78 is 18.7. The van der Waals surface area contributed by atoms with E-state index in [0.717, 1.165) is 16.3 Å². The van der Waals surface area contributed by atoms with Crippen molar-refractivity contribution in [3.8, 4) is 0 Å². The van der Waals surface area contributed by atoms with E-state index in [1.807, 2.05) is 60.7 Å². The van der Waals surface area contributed by atoms with Gasteiger partial charge in [-0.3, -0.25) is 4.57 Å². The summed E-state index contributed by atoms with van der Waals surface area (Å²) in [7, 11) is -3.15. The molecule has 0 aromatic heterocycles. The first-order valence-corrected chi connectivity index (χ1v) is 12.3. The number of anilines is 1. The first-order valence-electron chi connectivity index (χ1n) is 10.7. The van der Waals surface area contributed by atoms with Crippen molar-refractivity contribution in [3.05, 3.63) is 90.0 Å². The van der Waals surface area contributed by atoms with Gasteiger partial charge >= 0.3 is 0 Å². The van der Waals surface area contributed by atoms with Crippen molar-refractivity contribution in [2.75, 3.05) is 5.32 Å². The molecule has 0 unspecified atom stereocenters. The van der Waals surface area contributed by atoms with Gasteiger partial charge in [0, 0.05) is 16.3 Å². The Bertz CT molecular complexity index is 1050. The van der Waals surface area contributed by atoms with Gasteiger partial charge in [0.25, 0.3) is 0 Å². The van der Waals surface area contributed by atoms with Crippen LogP contribution in [0.2, 0.25) is 0 Å². The molecule has 0 fully saturated rings. The molecule has 3 rings (SSSR count). The number of nitrogens with one attached hydrogen (secondary N) is 1. The summed E-state index contributed by atoms with van der Waals surface area (Å²) >= 11 is 0. The summed E-state index contributed by atoms with van der Waals surface area (Å²) in [5.74, 6) is 0. The molecule has 0 saturated heterocycles. The predicted octanol–water partition coefficient (Wildman–Crippen LogP) is 6.65. The Morgan fingerprint density at radius 2 is 1.26 bits per heavy atom. The van der Waals surface area contributed by atoms with Gasteiger partial charge < -0.3 is 5.32 Å². The minimum atomic E-state index is -3.15. The van der Waals surface area contributed by atoms with Gasteiger partial charge in [-0.2, -0.15) is 0 Å². The summed E-state index contributed by atoms with van der Waals surface area (Å²) in [5, 5.41) is 4.81. The minimum absolute atomic E-state index is 0.0326. The quantitative estimate of drug-likeness (QED) is 0.279. The summed E-state index contributed by atoms with van der Waals surface area (Å²) in [5.41, 5.74) is 3.44. The molecular formula is C27H33N2OP. The van der Waals surface area contributed by atoms with Gasteiger partial charge in [-0.15, -0.1) is 0 Å². The lowest BCUT2D eigenvalue weighted by atomic mass is 9.81. The van der Waals surface area contributed by atoms with E-state index in [4.69, 9.17) is 0 Å². The monoisotopic (exact) mass is 432 g/mol. The van der Waals surface area contributed by atoms with Crippen molar-refractivity contribution in [1.29, 1.82) is 0 Å². The number of nitrogens with zero attached hydrogens (tertiary/aromatic N) is 1. The molecule has 1 N–H and O–H groups in total. The molecule has 0 spiro atoms. The Kier molecular flexibility index (Phi) is 6.57. The third kappa shape index (κ3) is 5.35. The highest BCUT2D eigenvalue weighted by atomic mass is 31.2. The Hall–Kier alpha value is -2.64. The molecule has 0 amide bonds. The van der Waals surface area contributed by atoms with Crippen molar-refractivity contribution >= 4 is 29.9 Å². The van der Waals surface area contributed by atoms with E-state index < -0.39 is 7.29 Å². The smallest absolute Gasteiger partial charge is 0.248 e. The van der Waals surface area contributed by atoms with E-state index in [1.54, 1.807) is 6.34 Å². The van der Waals surface area contributed by atoms with E-state index in [0.29, 0.717) is 0 Å². The Balaban J connectivity index is 2.03. The normalized spacial score (nSPS) is 12.8. The second-order valence-electron chi connectivity index (χ2n) is 9.90. The maximum Gasteiger partial charge on any atom is 0.248 e. The van der Waals surface area contributed by atoms with Crippen LogP contribution in [0, 0.1) is 0 Å². The van der Waals surface area contributed by atoms with Crippen LogP contribution in [0.1, 0.15) is 52.7 Å². The fourth-order valence-electron chi connectivity index (χ4n) is 3.51. The number of hydrogen-bond acceptors (Lipinski definition) is 1. The molecular weight excluding hydrogens is 399 g/mol. The molecule has 0 atom stereocenters. The SMILES string of the molecule is CC(C)(C)c1ccc(C(C)(C)C)c(NC=NP(=O)(c2ccccc2)c2ccccc2)c1. The van der Waals surface area contributed by atoms with Crippen LogP contribution in [-0.2, 0) is 15.4 Å². The average Bonchev–Trinajstić information content (AvgIpc) is 2.73. The molecule has 0 heterocycles. The highest BCUT2D eigenvalue weighted by Gasteiger charge is 2.26. The van der Waals surface area contributed by atoms with Gasteiger partial charge in [-0.05, 0) is 52.3 Å². The van der Waals surface area contributed by atoms with Crippen molar-refractivity contribution in [1.82, 2.24) is 0 Å². The molecule has 0 bridgehead atoms. The van der Waals surface area contributed by atoms with Crippen molar-refractivity contribution in [2.45, 2.75) is 52.4 Å². The zero-order valence-electron chi connectivity index (χ0n) is 19.4. The Morgan fingerprint density at radius 3 is 1.71 bits per heavy atom. The minimum Gasteiger partial charge on any atom is -0.346 e. The second-order valence-corrected chi connectivity index (χ2v) is 12.3. The fourth-order valence-corrected chi connectivity index (χ4v) is 5.44. The highest BCUT2D eigenvalue weighted by Crippen LogP contribution is 2.44. The van der Waals surface area contributed by atoms with Crippen molar-refractivity contribution < 1.29 is 4.57 Å². The molecule has 162 valence electrons. The molecule has 4 heteroatoms. The van der Waals surface area contributed by atoms with E-state index >= 15 is 0 Å². The van der Waals surface area contributed by atoms with Crippen LogP contribution < -0.4 is 15.9 Å². The zero-order valence-corrected chi connectivity index (χ0v) is 20.3. The van der Waals surface area contributed by atoms with Crippen LogP contribution in [0.4, 0.5) is 5.69 Å². The van der Waals surface area contributed by atoms with Gasteiger partial charge in [-0.25, -0.2) is 4.76 Å². The third-order valence-electron chi connectivity index (χ3n) is 5.35. The van der Waals surface area contributed by atoms with Gasteiger partial charge in [0.1, 0.15) is 0 Å². The molecule has 0 aliphatic carbocycles. The molecule has 31 heavy (non-hydrogen) atoms. The van der Waals surface area contributed by atoms with E-state index in [2.05, 4.69) is 69.8 Å². The summed E-state index contributed by atoms with van der Waals surface area (Å²) in [6.07, 6.45) is 1.61. The van der Waals surface area contributed by atoms with Crippen LogP contribution in [-0.4, -0.2) is 6.34 Å². The number of rotatable bonds is 5. The lowest BCUT2D eigenvalue weighted by Gasteiger charge is -2.26. The summed E-state index contributed by atoms with van der Waals surface area (Å²) in [6, 6.07) is 25.5. The van der Waals surface area contributed by atoms with Gasteiger partial charge in [-0.1, -0.05) is 90.1 Å². The third-order valence-corrected chi connectivity index (χ3v) is 7.78. The molecule has 3 aromatic carbocycles. The first-order chi connectivity index (χ1) is 14.5. The number of hydrogen-bond donors (Lipinski definition) is 1. The van der Waals surface area contributed by atoms with Crippen LogP contribution in [0.25, 0.3) is 0 Å². The number of benzene rings is 3. The molecule has 0 aliphatic rings. The topological polar surface area (TPSA) is 41.5 Å². The first kappa shape index (κ1) is 23.0. The maximum absolute atomic E-state index is 14.1. The molecule has 0 radical (unpaired) electrons. The van der Waals surface area contributed by atoms with Crippen LogP contribution >= 0.6 is 7.29 Å². The van der Waals surface area contributed by atoms with E-state index in [-0.39, 0.29) is 10.8 Å². The lowest BCUT2D eigenvalue weighted by Crippen LogP contribution is -2.18. The summed E-state index contributed by atoms with van der Waals surface area (Å²) in [4.78, 5) is 0. The average molecular weight is 433 g/mol. The van der Waals surface area contributed by atoms with Crippen LogP contribution in [0.3, 0.4) is 0 Å². The van der Waals surface area contributed by atoms with Crippen LogP contribution in [0.15, 0.2) is 83.6 Å². The van der Waals surface area contributed by atoms with Gasteiger partial charge in [0.05, 0.1) is 6.34 Å². The van der Waals surface area contributed by atoms with Gasteiger partial charge in [0.2, 0.25) is 7.29 Å². The van der Waals surface area contributed by atoms with Crippen molar-refractivity contribution in [3.63, 3.8) is 0 Å². The zero-order chi connectivity index (χ0) is 22.7. The molecule has 0 aliphatic heterocycles. The van der Waals surface area contributed by atoms with Crippen molar-refractivity contribution in [2.24, 2.45) is 4.76 Å². The molecule has 0 saturated carbocycles. The van der Waals surface area contributed by atoms with E-state index in [9.17, 15) is 4.57 Å². The van der Waals surface area contributed by atoms with Gasteiger partial charge in [0.15, 0.2) is 0 Å². The predicted molar refractivity (Wildman–Crippen MR) is 136 cm³/mol. The standard InChI is InChI=1S/C27H33N2OP/c1-26(2,3)21-17-18-24(27(4,5)6)25(19-21)28-20-29-31(30,22-13-9-7-10-14-22)23-15-11-8-12-16-23/h7-20H,1-6H3,(H,28,29,30). The maximum atomic E-state index is 14.1. The van der Waals surface area contributed by atoms with Crippen LogP contribution in [0.5, 0.6) is 0 Å². The Labute approximate surface area is 187 Å². The second kappa shape index (κ2) is 8.85. The molecule has 3 nitrogen and oxygen atoms in total. The highest BCUT2D eigenvalue weighted by molar-refractivity contribution is 7.77. The largest absolute Gasteiger partial charge is 0.346 e. The van der Waals surface area contributed by atoms with E-state index in [1.165, 1.54) is 11.1 Å². The lowest BCUT2D eigenvalue weighted by molar-refractivity contribution is 0.579.